The number of carbonyl (C=O) groups excluding carboxylic acids is 1. The number of imidazole rings is 1. The van der Waals surface area contributed by atoms with E-state index in [2.05, 4.69) is 15.3 Å². The molecular formula is C12H11N3O2. The maximum absolute atomic E-state index is 12.0. The molecule has 1 amide bonds. The molecule has 5 heteroatoms. The lowest BCUT2D eigenvalue weighted by atomic mass is 10.0. The Morgan fingerprint density at radius 1 is 1.47 bits per heavy atom. The summed E-state index contributed by atoms with van der Waals surface area (Å²) in [5.41, 5.74) is 0.927. The largest absolute Gasteiger partial charge is 0.492 e. The van der Waals surface area contributed by atoms with Crippen LogP contribution in [0.15, 0.2) is 36.7 Å². The number of aromatic amines is 1. The first kappa shape index (κ1) is 9.89. The number of carbonyl (C=O) groups is 1. The van der Waals surface area contributed by atoms with E-state index in [0.717, 1.165) is 11.3 Å². The van der Waals surface area contributed by atoms with Gasteiger partial charge in [-0.3, -0.25) is 10.1 Å². The summed E-state index contributed by atoms with van der Waals surface area (Å²) in [6, 6.07) is 7.58. The number of aromatic nitrogens is 2. The maximum atomic E-state index is 12.0. The molecule has 3 rings (SSSR count). The minimum Gasteiger partial charge on any atom is -0.492 e. The van der Waals surface area contributed by atoms with Gasteiger partial charge in [0.05, 0.1) is 0 Å². The Kier molecular flexibility index (Phi) is 2.29. The normalized spacial score (nSPS) is 17.3. The summed E-state index contributed by atoms with van der Waals surface area (Å²) in [4.78, 5) is 18.8. The fourth-order valence-electron chi connectivity index (χ4n) is 1.92. The van der Waals surface area contributed by atoms with Crippen LogP contribution in [0.5, 0.6) is 5.75 Å². The van der Waals surface area contributed by atoms with Crippen molar-refractivity contribution in [2.45, 2.75) is 5.92 Å². The molecule has 1 unspecified atom stereocenters. The number of anilines is 1. The molecule has 1 aromatic heterocycles. The summed E-state index contributed by atoms with van der Waals surface area (Å²) in [5, 5.41) is 2.72. The first-order chi connectivity index (χ1) is 8.34. The average molecular weight is 229 g/mol. The molecule has 0 aliphatic carbocycles. The number of nitrogens with zero attached hydrogens (tertiary/aromatic N) is 1. The third-order valence-corrected chi connectivity index (χ3v) is 2.76. The van der Waals surface area contributed by atoms with Crippen LogP contribution in [0, 0.1) is 0 Å². The number of para-hydroxylation sites is 1. The van der Waals surface area contributed by atoms with Gasteiger partial charge in [-0.1, -0.05) is 18.2 Å². The van der Waals surface area contributed by atoms with Crippen LogP contribution in [0.3, 0.4) is 0 Å². The number of amides is 1. The van der Waals surface area contributed by atoms with Crippen molar-refractivity contribution in [2.24, 2.45) is 0 Å². The van der Waals surface area contributed by atoms with Crippen molar-refractivity contribution in [3.63, 3.8) is 0 Å². The number of fused-ring (bicyclic) bond motifs is 1. The summed E-state index contributed by atoms with van der Waals surface area (Å²) >= 11 is 0. The van der Waals surface area contributed by atoms with E-state index in [4.69, 9.17) is 4.74 Å². The van der Waals surface area contributed by atoms with Gasteiger partial charge < -0.3 is 9.72 Å². The van der Waals surface area contributed by atoms with Crippen molar-refractivity contribution in [1.82, 2.24) is 9.97 Å². The van der Waals surface area contributed by atoms with E-state index in [1.54, 1.807) is 12.4 Å². The first-order valence-electron chi connectivity index (χ1n) is 5.36. The predicted octanol–water partition coefficient (Wildman–Crippen LogP) is 1.52. The van der Waals surface area contributed by atoms with Gasteiger partial charge in [0.15, 0.2) is 0 Å². The number of rotatable bonds is 2. The number of nitrogens with one attached hydrogen (secondary N) is 2. The van der Waals surface area contributed by atoms with Gasteiger partial charge in [-0.05, 0) is 6.07 Å². The summed E-state index contributed by atoms with van der Waals surface area (Å²) in [5.74, 6) is 0.868. The monoisotopic (exact) mass is 229 g/mol. The predicted molar refractivity (Wildman–Crippen MR) is 61.9 cm³/mol. The van der Waals surface area contributed by atoms with E-state index in [1.165, 1.54) is 0 Å². The molecule has 2 N–H and O–H groups in total. The van der Waals surface area contributed by atoms with Crippen LogP contribution in [-0.2, 0) is 4.79 Å². The van der Waals surface area contributed by atoms with Crippen LogP contribution < -0.4 is 10.1 Å². The molecule has 1 aliphatic rings. The third kappa shape index (κ3) is 1.75. The van der Waals surface area contributed by atoms with E-state index >= 15 is 0 Å². The standard InChI is InChI=1S/C12H11N3O2/c16-11(15-12-13-5-6-14-12)9-7-17-10-4-2-1-3-8(9)10/h1-6,9H,7H2,(H2,13,14,15,16). The molecule has 1 aliphatic heterocycles. The molecule has 1 atom stereocenters. The van der Waals surface area contributed by atoms with Crippen molar-refractivity contribution >= 4 is 11.9 Å². The highest BCUT2D eigenvalue weighted by Gasteiger charge is 2.30. The van der Waals surface area contributed by atoms with Gasteiger partial charge in [0.25, 0.3) is 0 Å². The smallest absolute Gasteiger partial charge is 0.237 e. The highest BCUT2D eigenvalue weighted by atomic mass is 16.5. The summed E-state index contributed by atoms with van der Waals surface area (Å²) < 4.78 is 5.46. The number of ether oxygens (including phenoxy) is 1. The van der Waals surface area contributed by atoms with Crippen molar-refractivity contribution in [3.05, 3.63) is 42.2 Å². The Bertz CT molecular complexity index is 536. The zero-order valence-electron chi connectivity index (χ0n) is 9.01. The van der Waals surface area contributed by atoms with E-state index in [1.807, 2.05) is 24.3 Å². The second kappa shape index (κ2) is 3.93. The van der Waals surface area contributed by atoms with E-state index in [0.29, 0.717) is 12.6 Å². The molecule has 0 radical (unpaired) electrons. The number of hydrogen-bond donors (Lipinski definition) is 2. The topological polar surface area (TPSA) is 67.0 Å². The van der Waals surface area contributed by atoms with Gasteiger partial charge in [-0.2, -0.15) is 0 Å². The average Bonchev–Trinajstić information content (AvgIpc) is 2.96. The number of H-pyrrole nitrogens is 1. The lowest BCUT2D eigenvalue weighted by molar-refractivity contribution is -0.117. The van der Waals surface area contributed by atoms with Crippen LogP contribution in [0.2, 0.25) is 0 Å². The van der Waals surface area contributed by atoms with E-state index in [-0.39, 0.29) is 11.8 Å². The molecule has 0 bridgehead atoms. The molecule has 0 fully saturated rings. The molecule has 2 heterocycles. The SMILES string of the molecule is O=C(Nc1ncc[nH]1)C1COc2ccccc21. The summed E-state index contributed by atoms with van der Waals surface area (Å²) in [7, 11) is 0. The van der Waals surface area contributed by atoms with Crippen molar-refractivity contribution in [1.29, 1.82) is 0 Å². The lowest BCUT2D eigenvalue weighted by Crippen LogP contribution is -2.22. The Balaban J connectivity index is 1.80. The second-order valence-electron chi connectivity index (χ2n) is 3.83. The van der Waals surface area contributed by atoms with Crippen LogP contribution in [0.4, 0.5) is 5.95 Å². The summed E-state index contributed by atoms with van der Waals surface area (Å²) in [6.07, 6.45) is 3.25. The molecule has 0 saturated carbocycles. The van der Waals surface area contributed by atoms with Gasteiger partial charge in [0.2, 0.25) is 11.9 Å². The Morgan fingerprint density at radius 3 is 3.18 bits per heavy atom. The molecule has 17 heavy (non-hydrogen) atoms. The minimum atomic E-state index is -0.267. The fourth-order valence-corrected chi connectivity index (χ4v) is 1.92. The van der Waals surface area contributed by atoms with E-state index < -0.39 is 0 Å². The zero-order chi connectivity index (χ0) is 11.7. The Hall–Kier alpha value is -2.30. The van der Waals surface area contributed by atoms with Crippen molar-refractivity contribution in [2.75, 3.05) is 11.9 Å². The van der Waals surface area contributed by atoms with Gasteiger partial charge in [0, 0.05) is 18.0 Å². The van der Waals surface area contributed by atoms with Crippen molar-refractivity contribution < 1.29 is 9.53 Å². The third-order valence-electron chi connectivity index (χ3n) is 2.76. The number of benzene rings is 1. The molecule has 86 valence electrons. The fraction of sp³-hybridized carbons (Fsp3) is 0.167. The van der Waals surface area contributed by atoms with Crippen LogP contribution >= 0.6 is 0 Å². The molecule has 0 saturated heterocycles. The quantitative estimate of drug-likeness (QED) is 0.820. The van der Waals surface area contributed by atoms with Crippen molar-refractivity contribution in [3.8, 4) is 5.75 Å². The van der Waals surface area contributed by atoms with E-state index in [9.17, 15) is 4.79 Å². The lowest BCUT2D eigenvalue weighted by Gasteiger charge is -2.07. The maximum Gasteiger partial charge on any atom is 0.237 e. The van der Waals surface area contributed by atoms with Gasteiger partial charge in [-0.25, -0.2) is 4.98 Å². The van der Waals surface area contributed by atoms with Crippen LogP contribution in [0.1, 0.15) is 11.5 Å². The van der Waals surface area contributed by atoms with Gasteiger partial charge >= 0.3 is 0 Å². The molecular weight excluding hydrogens is 218 g/mol. The minimum absolute atomic E-state index is 0.107. The first-order valence-corrected chi connectivity index (χ1v) is 5.36. The van der Waals surface area contributed by atoms with Crippen LogP contribution in [0.25, 0.3) is 0 Å². The molecule has 1 aromatic carbocycles. The zero-order valence-corrected chi connectivity index (χ0v) is 9.01. The molecule has 0 spiro atoms. The highest BCUT2D eigenvalue weighted by Crippen LogP contribution is 2.33. The Morgan fingerprint density at radius 2 is 2.35 bits per heavy atom. The van der Waals surface area contributed by atoms with Gasteiger partial charge in [0.1, 0.15) is 18.3 Å². The molecule has 5 nitrogen and oxygen atoms in total. The van der Waals surface area contributed by atoms with Crippen LogP contribution in [-0.4, -0.2) is 22.5 Å². The highest BCUT2D eigenvalue weighted by molar-refractivity contribution is 5.95. The second-order valence-corrected chi connectivity index (χ2v) is 3.83. The molecule has 2 aromatic rings. The summed E-state index contributed by atoms with van der Waals surface area (Å²) in [6.45, 7) is 0.381. The Labute approximate surface area is 97.8 Å². The number of hydrogen-bond acceptors (Lipinski definition) is 3. The van der Waals surface area contributed by atoms with Gasteiger partial charge in [-0.15, -0.1) is 0 Å².